The van der Waals surface area contributed by atoms with Gasteiger partial charge in [0.25, 0.3) is 5.56 Å². The molecule has 0 aliphatic rings. The van der Waals surface area contributed by atoms with Crippen molar-refractivity contribution in [3.05, 3.63) is 75.3 Å². The Balaban J connectivity index is 1.89. The second-order valence-corrected chi connectivity index (χ2v) is 8.01. The van der Waals surface area contributed by atoms with Gasteiger partial charge < -0.3 is 5.73 Å². The predicted molar refractivity (Wildman–Crippen MR) is 127 cm³/mol. The Morgan fingerprint density at radius 2 is 1.94 bits per heavy atom. The van der Waals surface area contributed by atoms with Gasteiger partial charge in [0.1, 0.15) is 0 Å². The number of fused-ring (bicyclic) bond motifs is 1. The lowest BCUT2D eigenvalue weighted by Crippen LogP contribution is -2.14. The first-order valence-corrected chi connectivity index (χ1v) is 10.1. The largest absolute Gasteiger partial charge is 0.398 e. The summed E-state index contributed by atoms with van der Waals surface area (Å²) in [5, 5.41) is 4.36. The van der Waals surface area contributed by atoms with Gasteiger partial charge in [0.2, 0.25) is 0 Å². The van der Waals surface area contributed by atoms with Crippen molar-refractivity contribution in [2.24, 2.45) is 0 Å². The number of anilines is 1. The van der Waals surface area contributed by atoms with Crippen LogP contribution < -0.4 is 11.3 Å². The number of H-pyrrole nitrogens is 1. The van der Waals surface area contributed by atoms with E-state index < -0.39 is 0 Å². The van der Waals surface area contributed by atoms with Gasteiger partial charge in [-0.15, -0.1) is 0 Å². The minimum Gasteiger partial charge on any atom is -0.398 e. The molecule has 0 unspecified atom stereocenters. The molecule has 4 rings (SSSR count). The topological polar surface area (TPSA) is 79.9 Å². The number of aromatic amines is 1. The van der Waals surface area contributed by atoms with E-state index in [-0.39, 0.29) is 5.56 Å². The molecule has 0 fully saturated rings. The highest BCUT2D eigenvalue weighted by molar-refractivity contribution is 6.30. The third kappa shape index (κ3) is 4.06. The van der Waals surface area contributed by atoms with Crippen LogP contribution in [0.3, 0.4) is 0 Å². The Morgan fingerprint density at radius 3 is 2.65 bits per heavy atom. The molecular formula is C24H22ClN5O. The van der Waals surface area contributed by atoms with E-state index in [1.54, 1.807) is 30.5 Å². The molecule has 4 aromatic rings. The van der Waals surface area contributed by atoms with Crippen molar-refractivity contribution in [3.8, 4) is 28.7 Å². The number of aryl methyl sites for hydroxylation is 1. The number of nitrogens with two attached hydrogens (primary N) is 1. The first-order valence-electron chi connectivity index (χ1n) is 9.75. The average Bonchev–Trinajstić information content (AvgIpc) is 3.06. The zero-order valence-corrected chi connectivity index (χ0v) is 18.3. The molecule has 0 aliphatic carbocycles. The van der Waals surface area contributed by atoms with Crippen molar-refractivity contribution in [2.75, 3.05) is 26.4 Å². The Kier molecular flexibility index (Phi) is 5.55. The normalized spacial score (nSPS) is 11.0. The second-order valence-electron chi connectivity index (χ2n) is 7.58. The van der Waals surface area contributed by atoms with E-state index in [9.17, 15) is 4.79 Å². The van der Waals surface area contributed by atoms with E-state index in [4.69, 9.17) is 17.3 Å². The van der Waals surface area contributed by atoms with Gasteiger partial charge in [0, 0.05) is 33.7 Å². The molecule has 156 valence electrons. The molecule has 2 heterocycles. The average molecular weight is 432 g/mol. The Morgan fingerprint density at radius 1 is 1.19 bits per heavy atom. The minimum atomic E-state index is -0.174. The van der Waals surface area contributed by atoms with Crippen LogP contribution >= 0.6 is 11.6 Å². The van der Waals surface area contributed by atoms with E-state index in [0.29, 0.717) is 33.8 Å². The van der Waals surface area contributed by atoms with E-state index >= 15 is 0 Å². The molecule has 0 amide bonds. The maximum atomic E-state index is 13.0. The van der Waals surface area contributed by atoms with Crippen LogP contribution in [-0.4, -0.2) is 40.3 Å². The second kappa shape index (κ2) is 8.31. The number of benzene rings is 2. The molecule has 0 atom stereocenters. The van der Waals surface area contributed by atoms with Crippen molar-refractivity contribution in [2.45, 2.75) is 6.92 Å². The molecule has 7 heteroatoms. The third-order valence-corrected chi connectivity index (χ3v) is 5.22. The minimum absolute atomic E-state index is 0.174. The zero-order chi connectivity index (χ0) is 22.1. The van der Waals surface area contributed by atoms with Crippen LogP contribution in [0.5, 0.6) is 0 Å². The van der Waals surface area contributed by atoms with Crippen LogP contribution in [0.25, 0.3) is 27.7 Å². The number of rotatable bonds is 3. The van der Waals surface area contributed by atoms with Gasteiger partial charge in [-0.2, -0.15) is 0 Å². The van der Waals surface area contributed by atoms with Crippen LogP contribution in [0.1, 0.15) is 11.3 Å². The van der Waals surface area contributed by atoms with Crippen LogP contribution in [0.4, 0.5) is 5.69 Å². The Bertz CT molecular complexity index is 1390. The summed E-state index contributed by atoms with van der Waals surface area (Å²) in [6.07, 6.45) is 1.61. The summed E-state index contributed by atoms with van der Waals surface area (Å²) >= 11 is 5.99. The maximum Gasteiger partial charge on any atom is 0.280 e. The van der Waals surface area contributed by atoms with E-state index in [2.05, 4.69) is 21.9 Å². The van der Waals surface area contributed by atoms with Crippen LogP contribution in [0.2, 0.25) is 5.02 Å². The van der Waals surface area contributed by atoms with Crippen molar-refractivity contribution >= 4 is 28.2 Å². The summed E-state index contributed by atoms with van der Waals surface area (Å²) < 4.78 is 1.50. The van der Waals surface area contributed by atoms with Gasteiger partial charge in [-0.05, 0) is 63.0 Å². The van der Waals surface area contributed by atoms with E-state index in [1.165, 1.54) is 4.68 Å². The van der Waals surface area contributed by atoms with Gasteiger partial charge >= 0.3 is 0 Å². The Hall–Kier alpha value is -3.53. The van der Waals surface area contributed by atoms with Gasteiger partial charge in [0.15, 0.2) is 0 Å². The lowest BCUT2D eigenvalue weighted by atomic mass is 9.99. The fourth-order valence-electron chi connectivity index (χ4n) is 3.41. The molecule has 0 aliphatic heterocycles. The van der Waals surface area contributed by atoms with Crippen LogP contribution in [-0.2, 0) is 0 Å². The molecular weight excluding hydrogens is 410 g/mol. The highest BCUT2D eigenvalue weighted by Gasteiger charge is 2.16. The van der Waals surface area contributed by atoms with Crippen LogP contribution in [0.15, 0.2) is 53.5 Å². The molecule has 0 radical (unpaired) electrons. The lowest BCUT2D eigenvalue weighted by molar-refractivity contribution is 0.464. The number of hydrogen-bond acceptors (Lipinski definition) is 4. The van der Waals surface area contributed by atoms with Crippen LogP contribution in [0, 0.1) is 18.8 Å². The molecule has 0 bridgehead atoms. The monoisotopic (exact) mass is 431 g/mol. The molecule has 0 saturated carbocycles. The number of hydrogen-bond donors (Lipinski definition) is 2. The SMILES string of the molecule is Cc1ncc2c(=O)n(-c3ccc(Cl)cc3)[nH]c2c1-c1ccc(N)c(C#CCN(C)C)c1. The molecule has 0 saturated heterocycles. The number of nitrogens with one attached hydrogen (secondary N) is 1. The highest BCUT2D eigenvalue weighted by Crippen LogP contribution is 2.31. The number of nitrogen functional groups attached to an aromatic ring is 1. The zero-order valence-electron chi connectivity index (χ0n) is 17.5. The van der Waals surface area contributed by atoms with Crippen molar-refractivity contribution in [1.29, 1.82) is 0 Å². The number of nitrogens with zero attached hydrogens (tertiary/aromatic N) is 3. The fraction of sp³-hybridized carbons (Fsp3) is 0.167. The van der Waals surface area contributed by atoms with E-state index in [1.807, 2.05) is 44.1 Å². The van der Waals surface area contributed by atoms with Gasteiger partial charge in [0.05, 0.1) is 23.1 Å². The number of pyridine rings is 1. The Labute approximate surface area is 185 Å². The van der Waals surface area contributed by atoms with Gasteiger partial charge in [-0.1, -0.05) is 29.5 Å². The molecule has 2 aromatic carbocycles. The predicted octanol–water partition coefficient (Wildman–Crippen LogP) is 3.84. The van der Waals surface area contributed by atoms with Crippen molar-refractivity contribution in [3.63, 3.8) is 0 Å². The molecule has 31 heavy (non-hydrogen) atoms. The first kappa shape index (κ1) is 20.7. The first-order chi connectivity index (χ1) is 14.8. The van der Waals surface area contributed by atoms with E-state index in [0.717, 1.165) is 22.4 Å². The lowest BCUT2D eigenvalue weighted by Gasteiger charge is -2.09. The fourth-order valence-corrected chi connectivity index (χ4v) is 3.53. The highest BCUT2D eigenvalue weighted by atomic mass is 35.5. The van der Waals surface area contributed by atoms with Gasteiger partial charge in [-0.3, -0.25) is 19.8 Å². The third-order valence-electron chi connectivity index (χ3n) is 4.97. The summed E-state index contributed by atoms with van der Waals surface area (Å²) in [7, 11) is 3.93. The molecule has 0 spiro atoms. The maximum absolute atomic E-state index is 13.0. The van der Waals surface area contributed by atoms with Crippen molar-refractivity contribution < 1.29 is 0 Å². The summed E-state index contributed by atoms with van der Waals surface area (Å²) in [5.74, 6) is 6.26. The summed E-state index contributed by atoms with van der Waals surface area (Å²) in [6, 6.07) is 12.8. The molecule has 3 N–H and O–H groups in total. The summed E-state index contributed by atoms with van der Waals surface area (Å²) in [4.78, 5) is 19.5. The number of aromatic nitrogens is 3. The van der Waals surface area contributed by atoms with Gasteiger partial charge in [-0.25, -0.2) is 4.68 Å². The number of halogens is 1. The quantitative estimate of drug-likeness (QED) is 0.381. The summed E-state index contributed by atoms with van der Waals surface area (Å²) in [6.45, 7) is 2.55. The standard InChI is InChI=1S/C24H22ClN5O/c1-15-22(17-6-11-21(26)16(13-17)5-4-12-29(2)3)23-20(14-27-15)24(31)30(28-23)19-9-7-18(25)8-10-19/h6-11,13-14,28H,12,26H2,1-3H3. The van der Waals surface area contributed by atoms with Crippen molar-refractivity contribution in [1.82, 2.24) is 19.7 Å². The summed E-state index contributed by atoms with van der Waals surface area (Å²) in [5.41, 5.74) is 11.3. The molecule has 2 aromatic heterocycles. The molecule has 6 nitrogen and oxygen atoms in total. The smallest absolute Gasteiger partial charge is 0.280 e.